The van der Waals surface area contributed by atoms with Crippen LogP contribution in [0.2, 0.25) is 0 Å². The van der Waals surface area contributed by atoms with Crippen LogP contribution in [0.5, 0.6) is 0 Å². The molecule has 0 aromatic carbocycles. The molecule has 3 N–H and O–H groups in total. The molecule has 4 nitrogen and oxygen atoms in total. The van der Waals surface area contributed by atoms with Gasteiger partial charge in [-0.1, -0.05) is 0 Å². The summed E-state index contributed by atoms with van der Waals surface area (Å²) in [5.41, 5.74) is 5.07. The van der Waals surface area contributed by atoms with E-state index in [-0.39, 0.29) is 0 Å². The van der Waals surface area contributed by atoms with Crippen LogP contribution in [0.15, 0.2) is 0 Å². The highest BCUT2D eigenvalue weighted by Crippen LogP contribution is 2.16. The fraction of sp³-hybridized carbons (Fsp3) is 1.00. The average molecular weight is 103 g/mol. The summed E-state index contributed by atoms with van der Waals surface area (Å²) < 4.78 is 0. The average Bonchev–Trinajstić information content (AvgIpc) is 1.68. The molecule has 1 aliphatic rings. The zero-order valence-electron chi connectivity index (χ0n) is 3.74. The molecule has 0 aromatic heterocycles. The lowest BCUT2D eigenvalue weighted by atomic mass is 10.2. The molecule has 7 heavy (non-hydrogen) atoms. The van der Waals surface area contributed by atoms with Gasteiger partial charge in [-0.05, 0) is 0 Å². The minimum atomic E-state index is -0.838. The summed E-state index contributed by atoms with van der Waals surface area (Å²) in [6.45, 7) is 0. The number of aliphatic hydroxyl groups excluding tert-OH is 1. The van der Waals surface area contributed by atoms with Gasteiger partial charge in [-0.2, -0.15) is 0 Å². The molecule has 0 amide bonds. The Morgan fingerprint density at radius 3 is 2.43 bits per heavy atom. The van der Waals surface area contributed by atoms with Gasteiger partial charge in [0.25, 0.3) is 0 Å². The van der Waals surface area contributed by atoms with Crippen molar-refractivity contribution in [3.8, 4) is 0 Å². The highest BCUT2D eigenvalue weighted by Gasteiger charge is 2.25. The first kappa shape index (κ1) is 4.99. The fourth-order valence-corrected chi connectivity index (χ4v) is 0.507. The van der Waals surface area contributed by atoms with E-state index >= 15 is 0 Å². The minimum absolute atomic E-state index is 0.406. The second kappa shape index (κ2) is 1.41. The number of nitrogens with zero attached hydrogens (tertiary/aromatic N) is 1. The molecule has 4 heteroatoms. The van der Waals surface area contributed by atoms with Crippen LogP contribution in [0.25, 0.3) is 0 Å². The van der Waals surface area contributed by atoms with Gasteiger partial charge in [0.15, 0.2) is 0 Å². The SMILES string of the molecule is NC1CC(O)N1[O-]. The van der Waals surface area contributed by atoms with E-state index in [1.807, 2.05) is 0 Å². The Hall–Kier alpha value is -0.160. The van der Waals surface area contributed by atoms with Gasteiger partial charge in [-0.25, -0.2) is 0 Å². The third kappa shape index (κ3) is 0.614. The van der Waals surface area contributed by atoms with E-state index in [9.17, 15) is 5.21 Å². The van der Waals surface area contributed by atoms with Gasteiger partial charge in [0.05, 0.1) is 12.4 Å². The van der Waals surface area contributed by atoms with Crippen LogP contribution in [-0.4, -0.2) is 22.6 Å². The Balaban J connectivity index is 2.29. The molecule has 1 heterocycles. The summed E-state index contributed by atoms with van der Waals surface area (Å²) in [5, 5.41) is 19.0. The molecule has 2 atom stereocenters. The number of rotatable bonds is 0. The van der Waals surface area contributed by atoms with Gasteiger partial charge < -0.3 is 21.1 Å². The number of aliphatic hydroxyl groups is 1. The number of hydrogen-bond donors (Lipinski definition) is 2. The van der Waals surface area contributed by atoms with Crippen LogP contribution in [0.3, 0.4) is 0 Å². The van der Waals surface area contributed by atoms with E-state index in [0.29, 0.717) is 11.5 Å². The van der Waals surface area contributed by atoms with Crippen molar-refractivity contribution in [1.82, 2.24) is 5.06 Å². The number of hydrogen-bond acceptors (Lipinski definition) is 4. The van der Waals surface area contributed by atoms with Crippen molar-refractivity contribution >= 4 is 0 Å². The molecule has 1 rings (SSSR count). The van der Waals surface area contributed by atoms with Crippen molar-refractivity contribution in [2.75, 3.05) is 0 Å². The molecule has 2 unspecified atom stereocenters. The maximum Gasteiger partial charge on any atom is 0.0995 e. The van der Waals surface area contributed by atoms with Gasteiger partial charge in [0.1, 0.15) is 0 Å². The third-order valence-electron chi connectivity index (χ3n) is 1.07. The van der Waals surface area contributed by atoms with Gasteiger partial charge in [0.2, 0.25) is 0 Å². The van der Waals surface area contributed by atoms with Crippen LogP contribution in [0, 0.1) is 5.21 Å². The Kier molecular flexibility index (Phi) is 1.01. The van der Waals surface area contributed by atoms with Crippen LogP contribution in [0.1, 0.15) is 6.42 Å². The zero-order valence-corrected chi connectivity index (χ0v) is 3.74. The summed E-state index contributed by atoms with van der Waals surface area (Å²) in [5.74, 6) is 0. The molecule has 1 aliphatic heterocycles. The summed E-state index contributed by atoms with van der Waals surface area (Å²) in [6.07, 6.45) is -0.895. The second-order valence-corrected chi connectivity index (χ2v) is 1.64. The van der Waals surface area contributed by atoms with Crippen LogP contribution in [0.4, 0.5) is 0 Å². The van der Waals surface area contributed by atoms with E-state index in [1.54, 1.807) is 0 Å². The maximum atomic E-state index is 10.1. The standard InChI is InChI=1S/C3H7N2O2/c4-2-1-3(6)5(2)7/h2-3,6H,1,4H2/q-1. The number of nitrogens with two attached hydrogens (primary N) is 1. The molecule has 1 saturated heterocycles. The highest BCUT2D eigenvalue weighted by molar-refractivity contribution is 4.81. The lowest BCUT2D eigenvalue weighted by Crippen LogP contribution is -2.56. The molecule has 0 aromatic rings. The first-order valence-electron chi connectivity index (χ1n) is 2.11. The van der Waals surface area contributed by atoms with E-state index in [0.717, 1.165) is 0 Å². The van der Waals surface area contributed by atoms with Crippen molar-refractivity contribution in [1.29, 1.82) is 0 Å². The molecular formula is C3H7N2O2-. The van der Waals surface area contributed by atoms with Crippen molar-refractivity contribution in [3.05, 3.63) is 5.21 Å². The molecule has 0 saturated carbocycles. The lowest BCUT2D eigenvalue weighted by Gasteiger charge is -2.48. The summed E-state index contributed by atoms with van der Waals surface area (Å²) in [7, 11) is 0. The van der Waals surface area contributed by atoms with Gasteiger partial charge in [-0.3, -0.25) is 0 Å². The second-order valence-electron chi connectivity index (χ2n) is 1.64. The van der Waals surface area contributed by atoms with Crippen LogP contribution >= 0.6 is 0 Å². The van der Waals surface area contributed by atoms with E-state index < -0.39 is 12.4 Å². The fourth-order valence-electron chi connectivity index (χ4n) is 0.507. The Bertz CT molecular complexity index is 69.3. The summed E-state index contributed by atoms with van der Waals surface area (Å²) >= 11 is 0. The smallest absolute Gasteiger partial charge is 0.0995 e. The Morgan fingerprint density at radius 1 is 1.86 bits per heavy atom. The Labute approximate surface area is 41.1 Å². The normalized spacial score (nSPS) is 43.3. The van der Waals surface area contributed by atoms with E-state index in [2.05, 4.69) is 0 Å². The van der Waals surface area contributed by atoms with Crippen molar-refractivity contribution in [2.24, 2.45) is 5.73 Å². The molecule has 0 radical (unpaired) electrons. The van der Waals surface area contributed by atoms with Crippen molar-refractivity contribution < 1.29 is 5.11 Å². The zero-order chi connectivity index (χ0) is 5.44. The first-order chi connectivity index (χ1) is 3.22. The minimum Gasteiger partial charge on any atom is -0.782 e. The van der Waals surface area contributed by atoms with Gasteiger partial charge >= 0.3 is 0 Å². The Morgan fingerprint density at radius 2 is 2.43 bits per heavy atom. The molecular weight excluding hydrogens is 96.0 g/mol. The topological polar surface area (TPSA) is 72.5 Å². The molecule has 0 spiro atoms. The van der Waals surface area contributed by atoms with Crippen LogP contribution < -0.4 is 5.73 Å². The first-order valence-corrected chi connectivity index (χ1v) is 2.11. The predicted molar refractivity (Wildman–Crippen MR) is 23.8 cm³/mol. The quantitative estimate of drug-likeness (QED) is 0.403. The summed E-state index contributed by atoms with van der Waals surface area (Å²) in [6, 6.07) is 0. The van der Waals surface area contributed by atoms with Crippen molar-refractivity contribution in [2.45, 2.75) is 18.8 Å². The third-order valence-corrected chi connectivity index (χ3v) is 1.07. The van der Waals surface area contributed by atoms with Crippen molar-refractivity contribution in [3.63, 3.8) is 0 Å². The van der Waals surface area contributed by atoms with Gasteiger partial charge in [-0.15, -0.1) is 0 Å². The molecule has 0 aliphatic carbocycles. The van der Waals surface area contributed by atoms with Crippen LogP contribution in [-0.2, 0) is 0 Å². The van der Waals surface area contributed by atoms with E-state index in [1.165, 1.54) is 0 Å². The molecule has 0 bridgehead atoms. The largest absolute Gasteiger partial charge is 0.782 e. The predicted octanol–water partition coefficient (Wildman–Crippen LogP) is -1.21. The van der Waals surface area contributed by atoms with E-state index in [4.69, 9.17) is 10.8 Å². The monoisotopic (exact) mass is 103 g/mol. The summed E-state index contributed by atoms with van der Waals surface area (Å²) in [4.78, 5) is 0. The van der Waals surface area contributed by atoms with Gasteiger partial charge in [0, 0.05) is 6.42 Å². The number of hydroxylamine groups is 2. The lowest BCUT2D eigenvalue weighted by molar-refractivity contribution is -0.0834. The maximum absolute atomic E-state index is 10.1. The molecule has 42 valence electrons. The molecule has 1 fully saturated rings. The highest BCUT2D eigenvalue weighted by atomic mass is 16.5.